The van der Waals surface area contributed by atoms with E-state index in [-0.39, 0.29) is 5.91 Å². The SMILES string of the molecule is CCNc1cc(C)ccc1C(=O)NCCN(C)C. The number of rotatable bonds is 6. The third-order valence-corrected chi connectivity index (χ3v) is 2.63. The van der Waals surface area contributed by atoms with Crippen molar-refractivity contribution < 1.29 is 4.79 Å². The minimum Gasteiger partial charge on any atom is -0.385 e. The fourth-order valence-corrected chi connectivity index (χ4v) is 1.68. The quantitative estimate of drug-likeness (QED) is 0.807. The van der Waals surface area contributed by atoms with Gasteiger partial charge >= 0.3 is 0 Å². The van der Waals surface area contributed by atoms with Crippen molar-refractivity contribution in [2.24, 2.45) is 0 Å². The lowest BCUT2D eigenvalue weighted by atomic mass is 10.1. The molecule has 0 aliphatic heterocycles. The van der Waals surface area contributed by atoms with Crippen LogP contribution in [-0.4, -0.2) is 44.5 Å². The first-order valence-corrected chi connectivity index (χ1v) is 6.32. The Bertz CT molecular complexity index is 402. The Hall–Kier alpha value is -1.55. The molecular weight excluding hydrogens is 226 g/mol. The summed E-state index contributed by atoms with van der Waals surface area (Å²) in [4.78, 5) is 14.1. The van der Waals surface area contributed by atoms with E-state index in [1.54, 1.807) is 0 Å². The van der Waals surface area contributed by atoms with Gasteiger partial charge in [-0.2, -0.15) is 0 Å². The van der Waals surface area contributed by atoms with Crippen LogP contribution in [0.25, 0.3) is 0 Å². The van der Waals surface area contributed by atoms with Crippen LogP contribution < -0.4 is 10.6 Å². The Kier molecular flexibility index (Phi) is 5.65. The molecule has 0 spiro atoms. The van der Waals surface area contributed by atoms with E-state index in [2.05, 4.69) is 10.6 Å². The lowest BCUT2D eigenvalue weighted by Gasteiger charge is -2.13. The minimum atomic E-state index is -0.0206. The summed E-state index contributed by atoms with van der Waals surface area (Å²) in [6.07, 6.45) is 0. The summed E-state index contributed by atoms with van der Waals surface area (Å²) in [5.41, 5.74) is 2.76. The van der Waals surface area contributed by atoms with E-state index in [9.17, 15) is 4.79 Å². The van der Waals surface area contributed by atoms with Crippen molar-refractivity contribution in [3.05, 3.63) is 29.3 Å². The van der Waals surface area contributed by atoms with Gasteiger partial charge in [0, 0.05) is 25.3 Å². The second kappa shape index (κ2) is 7.01. The molecule has 0 radical (unpaired) electrons. The van der Waals surface area contributed by atoms with Gasteiger partial charge in [-0.15, -0.1) is 0 Å². The van der Waals surface area contributed by atoms with Gasteiger partial charge in [0.2, 0.25) is 0 Å². The van der Waals surface area contributed by atoms with E-state index in [0.29, 0.717) is 12.1 Å². The number of likely N-dealkylation sites (N-methyl/N-ethyl adjacent to an activating group) is 1. The number of benzene rings is 1. The van der Waals surface area contributed by atoms with Gasteiger partial charge in [0.25, 0.3) is 5.91 Å². The van der Waals surface area contributed by atoms with E-state index in [4.69, 9.17) is 0 Å². The van der Waals surface area contributed by atoms with Crippen LogP contribution in [0.15, 0.2) is 18.2 Å². The minimum absolute atomic E-state index is 0.0206. The zero-order valence-corrected chi connectivity index (χ0v) is 11.7. The molecule has 0 aliphatic rings. The smallest absolute Gasteiger partial charge is 0.253 e. The van der Waals surface area contributed by atoms with Crippen LogP contribution in [0.2, 0.25) is 0 Å². The second-order valence-corrected chi connectivity index (χ2v) is 4.64. The van der Waals surface area contributed by atoms with Gasteiger partial charge in [-0.05, 0) is 45.6 Å². The van der Waals surface area contributed by atoms with Crippen molar-refractivity contribution in [3.8, 4) is 0 Å². The Morgan fingerprint density at radius 2 is 2.06 bits per heavy atom. The van der Waals surface area contributed by atoms with Crippen LogP contribution in [0.3, 0.4) is 0 Å². The summed E-state index contributed by atoms with van der Waals surface area (Å²) in [6.45, 7) is 6.35. The summed E-state index contributed by atoms with van der Waals surface area (Å²) in [5, 5.41) is 6.15. The number of hydrogen-bond donors (Lipinski definition) is 2. The molecule has 0 aromatic heterocycles. The summed E-state index contributed by atoms with van der Waals surface area (Å²) in [5.74, 6) is -0.0206. The van der Waals surface area contributed by atoms with E-state index >= 15 is 0 Å². The number of carbonyl (C=O) groups is 1. The van der Waals surface area contributed by atoms with Crippen LogP contribution in [0.5, 0.6) is 0 Å². The van der Waals surface area contributed by atoms with Crippen molar-refractivity contribution in [2.75, 3.05) is 39.0 Å². The molecule has 0 atom stereocenters. The highest BCUT2D eigenvalue weighted by molar-refractivity contribution is 5.99. The highest BCUT2D eigenvalue weighted by Crippen LogP contribution is 2.17. The zero-order chi connectivity index (χ0) is 13.5. The molecule has 100 valence electrons. The normalized spacial score (nSPS) is 10.5. The number of hydrogen-bond acceptors (Lipinski definition) is 3. The number of nitrogens with one attached hydrogen (secondary N) is 2. The molecule has 0 bridgehead atoms. The average Bonchev–Trinajstić information content (AvgIpc) is 2.29. The molecule has 4 heteroatoms. The molecule has 1 amide bonds. The number of carbonyl (C=O) groups excluding carboxylic acids is 1. The average molecular weight is 249 g/mol. The van der Waals surface area contributed by atoms with Crippen LogP contribution in [-0.2, 0) is 0 Å². The van der Waals surface area contributed by atoms with E-state index < -0.39 is 0 Å². The molecule has 0 unspecified atom stereocenters. The number of anilines is 1. The van der Waals surface area contributed by atoms with Crippen molar-refractivity contribution in [2.45, 2.75) is 13.8 Å². The molecule has 0 saturated heterocycles. The number of aryl methyl sites for hydroxylation is 1. The molecule has 1 aromatic carbocycles. The lowest BCUT2D eigenvalue weighted by molar-refractivity contribution is 0.0952. The Labute approximate surface area is 109 Å². The van der Waals surface area contributed by atoms with Crippen molar-refractivity contribution >= 4 is 11.6 Å². The van der Waals surface area contributed by atoms with Crippen molar-refractivity contribution in [1.82, 2.24) is 10.2 Å². The second-order valence-electron chi connectivity index (χ2n) is 4.64. The van der Waals surface area contributed by atoms with Crippen LogP contribution in [0.1, 0.15) is 22.8 Å². The van der Waals surface area contributed by atoms with Gasteiger partial charge in [0.15, 0.2) is 0 Å². The summed E-state index contributed by atoms with van der Waals surface area (Å²) < 4.78 is 0. The maximum absolute atomic E-state index is 12.1. The first-order valence-electron chi connectivity index (χ1n) is 6.32. The monoisotopic (exact) mass is 249 g/mol. The molecule has 1 aromatic rings. The summed E-state index contributed by atoms with van der Waals surface area (Å²) >= 11 is 0. The first kappa shape index (κ1) is 14.5. The van der Waals surface area contributed by atoms with Crippen molar-refractivity contribution in [1.29, 1.82) is 0 Å². The lowest BCUT2D eigenvalue weighted by Crippen LogP contribution is -2.31. The van der Waals surface area contributed by atoms with Crippen molar-refractivity contribution in [3.63, 3.8) is 0 Å². The van der Waals surface area contributed by atoms with Crippen LogP contribution >= 0.6 is 0 Å². The van der Waals surface area contributed by atoms with Crippen LogP contribution in [0.4, 0.5) is 5.69 Å². The highest BCUT2D eigenvalue weighted by atomic mass is 16.1. The van der Waals surface area contributed by atoms with E-state index in [1.807, 2.05) is 51.0 Å². The van der Waals surface area contributed by atoms with Crippen LogP contribution in [0, 0.1) is 6.92 Å². The third kappa shape index (κ3) is 4.37. The zero-order valence-electron chi connectivity index (χ0n) is 11.7. The standard InChI is InChI=1S/C14H23N3O/c1-5-15-13-10-11(2)6-7-12(13)14(18)16-8-9-17(3)4/h6-7,10,15H,5,8-9H2,1-4H3,(H,16,18). The fourth-order valence-electron chi connectivity index (χ4n) is 1.68. The summed E-state index contributed by atoms with van der Waals surface area (Å²) in [7, 11) is 3.98. The molecule has 0 heterocycles. The van der Waals surface area contributed by atoms with Gasteiger partial charge < -0.3 is 15.5 Å². The molecule has 2 N–H and O–H groups in total. The topological polar surface area (TPSA) is 44.4 Å². The molecule has 18 heavy (non-hydrogen) atoms. The Balaban J connectivity index is 2.72. The molecule has 0 saturated carbocycles. The van der Waals surface area contributed by atoms with E-state index in [0.717, 1.165) is 24.3 Å². The fraction of sp³-hybridized carbons (Fsp3) is 0.500. The largest absolute Gasteiger partial charge is 0.385 e. The number of nitrogens with zero attached hydrogens (tertiary/aromatic N) is 1. The maximum atomic E-state index is 12.1. The summed E-state index contributed by atoms with van der Waals surface area (Å²) in [6, 6.07) is 5.84. The maximum Gasteiger partial charge on any atom is 0.253 e. The molecule has 0 fully saturated rings. The van der Waals surface area contributed by atoms with Gasteiger partial charge in [-0.1, -0.05) is 6.07 Å². The molecule has 1 rings (SSSR count). The van der Waals surface area contributed by atoms with E-state index in [1.165, 1.54) is 0 Å². The Morgan fingerprint density at radius 1 is 1.33 bits per heavy atom. The highest BCUT2D eigenvalue weighted by Gasteiger charge is 2.10. The molecular formula is C14H23N3O. The van der Waals surface area contributed by atoms with Gasteiger partial charge in [0.05, 0.1) is 5.56 Å². The predicted molar refractivity (Wildman–Crippen MR) is 76.2 cm³/mol. The number of amides is 1. The third-order valence-electron chi connectivity index (χ3n) is 2.63. The molecule has 4 nitrogen and oxygen atoms in total. The molecule has 0 aliphatic carbocycles. The first-order chi connectivity index (χ1) is 8.54. The predicted octanol–water partition coefficient (Wildman–Crippen LogP) is 1.72. The van der Waals surface area contributed by atoms with Gasteiger partial charge in [0.1, 0.15) is 0 Å². The van der Waals surface area contributed by atoms with Gasteiger partial charge in [-0.25, -0.2) is 0 Å². The Morgan fingerprint density at radius 3 is 2.67 bits per heavy atom. The van der Waals surface area contributed by atoms with Gasteiger partial charge in [-0.3, -0.25) is 4.79 Å².